The van der Waals surface area contributed by atoms with Crippen LogP contribution >= 0.6 is 11.6 Å². The molecule has 1 aromatic carbocycles. The predicted octanol–water partition coefficient (Wildman–Crippen LogP) is 3.02. The van der Waals surface area contributed by atoms with Crippen molar-refractivity contribution in [2.75, 3.05) is 6.61 Å². The molecule has 2 rings (SSSR count). The van der Waals surface area contributed by atoms with E-state index < -0.39 is 0 Å². The van der Waals surface area contributed by atoms with Crippen LogP contribution in [0.5, 0.6) is 5.75 Å². The molecule has 110 valence electrons. The molecule has 0 aliphatic heterocycles. The van der Waals surface area contributed by atoms with Crippen LogP contribution in [0.15, 0.2) is 36.4 Å². The lowest BCUT2D eigenvalue weighted by molar-refractivity contribution is 0.0934. The normalized spacial score (nSPS) is 11.8. The minimum atomic E-state index is -0.291. The maximum atomic E-state index is 12.0. The van der Waals surface area contributed by atoms with Gasteiger partial charge in [0.05, 0.1) is 12.6 Å². The Morgan fingerprint density at radius 1 is 1.24 bits per heavy atom. The smallest absolute Gasteiger partial charge is 0.272 e. The molecule has 2 aromatic rings. The number of carbonyl (C=O) groups excluding carboxylic acids is 1. The monoisotopic (exact) mass is 305 g/mol. The fourth-order valence-corrected chi connectivity index (χ4v) is 1.91. The molecule has 0 aliphatic rings. The summed E-state index contributed by atoms with van der Waals surface area (Å²) in [7, 11) is 0. The lowest BCUT2D eigenvalue weighted by Crippen LogP contribution is -2.27. The van der Waals surface area contributed by atoms with E-state index in [1.165, 1.54) is 12.1 Å². The first-order chi connectivity index (χ1) is 10.1. The van der Waals surface area contributed by atoms with Gasteiger partial charge in [-0.2, -0.15) is 0 Å². The van der Waals surface area contributed by atoms with Gasteiger partial charge >= 0.3 is 0 Å². The third kappa shape index (κ3) is 4.16. The van der Waals surface area contributed by atoms with Crippen LogP contribution in [0.3, 0.4) is 0 Å². The van der Waals surface area contributed by atoms with Gasteiger partial charge in [-0.1, -0.05) is 23.7 Å². The molecule has 5 nitrogen and oxygen atoms in total. The summed E-state index contributed by atoms with van der Waals surface area (Å²) in [6.07, 6.45) is 0. The Kier molecular flexibility index (Phi) is 5.11. The zero-order chi connectivity index (χ0) is 15.2. The van der Waals surface area contributed by atoms with Crippen LogP contribution in [-0.4, -0.2) is 22.7 Å². The maximum absolute atomic E-state index is 12.0. The van der Waals surface area contributed by atoms with Crippen LogP contribution in [0.1, 0.15) is 35.9 Å². The van der Waals surface area contributed by atoms with Gasteiger partial charge in [-0.05, 0) is 43.7 Å². The molecule has 0 radical (unpaired) electrons. The van der Waals surface area contributed by atoms with E-state index >= 15 is 0 Å². The molecule has 1 unspecified atom stereocenters. The van der Waals surface area contributed by atoms with Gasteiger partial charge in [-0.3, -0.25) is 4.79 Å². The van der Waals surface area contributed by atoms with Gasteiger partial charge < -0.3 is 10.1 Å². The van der Waals surface area contributed by atoms with Crippen molar-refractivity contribution in [2.24, 2.45) is 0 Å². The SMILES string of the molecule is CCOc1ccc(C(C)NC(=O)c2ccc(Cl)nn2)cc1. The Hall–Kier alpha value is -2.14. The van der Waals surface area contributed by atoms with E-state index in [0.29, 0.717) is 6.61 Å². The van der Waals surface area contributed by atoms with Gasteiger partial charge in [-0.15, -0.1) is 10.2 Å². The predicted molar refractivity (Wildman–Crippen MR) is 80.5 cm³/mol. The van der Waals surface area contributed by atoms with Crippen LogP contribution in [0.4, 0.5) is 0 Å². The van der Waals surface area contributed by atoms with E-state index in [1.54, 1.807) is 0 Å². The van der Waals surface area contributed by atoms with Crippen molar-refractivity contribution in [1.82, 2.24) is 15.5 Å². The van der Waals surface area contributed by atoms with Gasteiger partial charge in [0.15, 0.2) is 10.8 Å². The highest BCUT2D eigenvalue weighted by molar-refractivity contribution is 6.29. The highest BCUT2D eigenvalue weighted by atomic mass is 35.5. The first-order valence-electron chi connectivity index (χ1n) is 6.63. The average Bonchev–Trinajstić information content (AvgIpc) is 2.49. The summed E-state index contributed by atoms with van der Waals surface area (Å²) < 4.78 is 5.38. The molecule has 1 N–H and O–H groups in total. The van der Waals surface area contributed by atoms with Gasteiger partial charge in [0.2, 0.25) is 0 Å². The molecular weight excluding hydrogens is 290 g/mol. The Morgan fingerprint density at radius 3 is 2.52 bits per heavy atom. The van der Waals surface area contributed by atoms with E-state index in [4.69, 9.17) is 16.3 Å². The largest absolute Gasteiger partial charge is 0.494 e. The number of nitrogens with one attached hydrogen (secondary N) is 1. The van der Waals surface area contributed by atoms with Crippen molar-refractivity contribution in [1.29, 1.82) is 0 Å². The second-order valence-electron chi connectivity index (χ2n) is 4.44. The van der Waals surface area contributed by atoms with Crippen molar-refractivity contribution in [3.8, 4) is 5.75 Å². The van der Waals surface area contributed by atoms with E-state index in [0.717, 1.165) is 11.3 Å². The first kappa shape index (κ1) is 15.3. The highest BCUT2D eigenvalue weighted by Gasteiger charge is 2.13. The summed E-state index contributed by atoms with van der Waals surface area (Å²) in [6, 6.07) is 10.5. The van der Waals surface area contributed by atoms with E-state index in [1.807, 2.05) is 38.1 Å². The molecule has 1 atom stereocenters. The third-order valence-electron chi connectivity index (χ3n) is 2.90. The van der Waals surface area contributed by atoms with E-state index in [2.05, 4.69) is 15.5 Å². The zero-order valence-corrected chi connectivity index (χ0v) is 12.6. The second-order valence-corrected chi connectivity index (χ2v) is 4.83. The van der Waals surface area contributed by atoms with Crippen molar-refractivity contribution >= 4 is 17.5 Å². The highest BCUT2D eigenvalue weighted by Crippen LogP contribution is 2.18. The summed E-state index contributed by atoms with van der Waals surface area (Å²) in [5.74, 6) is 0.517. The lowest BCUT2D eigenvalue weighted by Gasteiger charge is -2.14. The molecule has 0 fully saturated rings. The molecule has 0 aliphatic carbocycles. The van der Waals surface area contributed by atoms with Crippen LogP contribution in [0.2, 0.25) is 5.15 Å². The summed E-state index contributed by atoms with van der Waals surface area (Å²) in [5.41, 5.74) is 1.21. The first-order valence-corrected chi connectivity index (χ1v) is 7.00. The molecule has 0 bridgehead atoms. The molecule has 1 aromatic heterocycles. The van der Waals surface area contributed by atoms with Crippen molar-refractivity contribution in [2.45, 2.75) is 19.9 Å². The Labute approximate surface area is 128 Å². The van der Waals surface area contributed by atoms with Gasteiger partial charge in [-0.25, -0.2) is 0 Å². The van der Waals surface area contributed by atoms with Crippen molar-refractivity contribution in [3.63, 3.8) is 0 Å². The molecule has 21 heavy (non-hydrogen) atoms. The Morgan fingerprint density at radius 2 is 1.95 bits per heavy atom. The number of nitrogens with zero attached hydrogens (tertiary/aromatic N) is 2. The fraction of sp³-hybridized carbons (Fsp3) is 0.267. The van der Waals surface area contributed by atoms with Crippen LogP contribution in [-0.2, 0) is 0 Å². The van der Waals surface area contributed by atoms with Gasteiger partial charge in [0.25, 0.3) is 5.91 Å². The quantitative estimate of drug-likeness (QED) is 0.922. The van der Waals surface area contributed by atoms with Crippen molar-refractivity contribution in [3.05, 3.63) is 52.8 Å². The van der Waals surface area contributed by atoms with Gasteiger partial charge in [0, 0.05) is 0 Å². The number of aromatic nitrogens is 2. The number of hydrogen-bond acceptors (Lipinski definition) is 4. The molecular formula is C15H16ClN3O2. The van der Waals surface area contributed by atoms with Crippen LogP contribution in [0.25, 0.3) is 0 Å². The number of rotatable bonds is 5. The van der Waals surface area contributed by atoms with Crippen LogP contribution in [0, 0.1) is 0 Å². The third-order valence-corrected chi connectivity index (χ3v) is 3.10. The average molecular weight is 306 g/mol. The van der Waals surface area contributed by atoms with E-state index in [-0.39, 0.29) is 22.8 Å². The Bertz CT molecular complexity index is 599. The number of ether oxygens (including phenoxy) is 1. The standard InChI is InChI=1S/C15H16ClN3O2/c1-3-21-12-6-4-11(5-7-12)10(2)17-15(20)13-8-9-14(16)19-18-13/h4-10H,3H2,1-2H3,(H,17,20). The van der Waals surface area contributed by atoms with Crippen molar-refractivity contribution < 1.29 is 9.53 Å². The number of halogens is 1. The molecule has 0 spiro atoms. The number of hydrogen-bond donors (Lipinski definition) is 1. The summed E-state index contributed by atoms with van der Waals surface area (Å²) in [6.45, 7) is 4.46. The molecule has 1 heterocycles. The fourth-order valence-electron chi connectivity index (χ4n) is 1.81. The minimum absolute atomic E-state index is 0.148. The zero-order valence-electron chi connectivity index (χ0n) is 11.8. The number of benzene rings is 1. The number of carbonyl (C=O) groups is 1. The Balaban J connectivity index is 2.01. The molecule has 1 amide bonds. The molecule has 0 saturated heterocycles. The summed E-state index contributed by atoms with van der Waals surface area (Å²) in [4.78, 5) is 12.0. The van der Waals surface area contributed by atoms with Gasteiger partial charge in [0.1, 0.15) is 5.75 Å². The second kappa shape index (κ2) is 7.04. The molecule has 0 saturated carbocycles. The van der Waals surface area contributed by atoms with E-state index in [9.17, 15) is 4.79 Å². The minimum Gasteiger partial charge on any atom is -0.494 e. The summed E-state index contributed by atoms with van der Waals surface area (Å²) in [5, 5.41) is 10.5. The topological polar surface area (TPSA) is 64.1 Å². The number of amides is 1. The maximum Gasteiger partial charge on any atom is 0.272 e. The van der Waals surface area contributed by atoms with Crippen LogP contribution < -0.4 is 10.1 Å². The lowest BCUT2D eigenvalue weighted by atomic mass is 10.1. The molecule has 6 heteroatoms. The summed E-state index contributed by atoms with van der Waals surface area (Å²) >= 11 is 5.64.